The lowest BCUT2D eigenvalue weighted by Gasteiger charge is -2.11. The zero-order valence-electron chi connectivity index (χ0n) is 12.6. The number of rotatable bonds is 6. The van der Waals surface area contributed by atoms with Crippen LogP contribution in [0.5, 0.6) is 0 Å². The predicted molar refractivity (Wildman–Crippen MR) is 82.4 cm³/mol. The van der Waals surface area contributed by atoms with Gasteiger partial charge in [-0.2, -0.15) is 5.10 Å². The van der Waals surface area contributed by atoms with Gasteiger partial charge in [0.25, 0.3) is 5.91 Å². The van der Waals surface area contributed by atoms with Gasteiger partial charge in [-0.15, -0.1) is 0 Å². The molecule has 1 aromatic carbocycles. The van der Waals surface area contributed by atoms with E-state index in [9.17, 15) is 9.59 Å². The zero-order chi connectivity index (χ0) is 16.1. The van der Waals surface area contributed by atoms with Crippen LogP contribution in [0, 0.1) is 5.92 Å². The summed E-state index contributed by atoms with van der Waals surface area (Å²) in [5, 5.41) is 15.7. The minimum absolute atomic E-state index is 0.0266. The van der Waals surface area contributed by atoms with E-state index in [2.05, 4.69) is 10.4 Å². The van der Waals surface area contributed by atoms with Gasteiger partial charge in [0.1, 0.15) is 0 Å². The van der Waals surface area contributed by atoms with Crippen LogP contribution in [0.3, 0.4) is 0 Å². The van der Waals surface area contributed by atoms with Crippen molar-refractivity contribution in [3.05, 3.63) is 42.1 Å². The van der Waals surface area contributed by atoms with Crippen LogP contribution in [0.15, 0.2) is 36.5 Å². The Kier molecular flexibility index (Phi) is 4.93. The predicted octanol–water partition coefficient (Wildman–Crippen LogP) is 1.93. The van der Waals surface area contributed by atoms with Gasteiger partial charge in [0.05, 0.1) is 17.5 Å². The second kappa shape index (κ2) is 6.89. The molecule has 2 aromatic rings. The van der Waals surface area contributed by atoms with Crippen molar-refractivity contribution in [3.63, 3.8) is 0 Å². The summed E-state index contributed by atoms with van der Waals surface area (Å²) in [6.45, 7) is 2.10. The maximum absolute atomic E-state index is 12.3. The number of benzene rings is 1. The molecule has 6 nitrogen and oxygen atoms in total. The van der Waals surface area contributed by atoms with Crippen LogP contribution in [0.2, 0.25) is 0 Å². The van der Waals surface area contributed by atoms with Crippen LogP contribution in [0.1, 0.15) is 23.7 Å². The highest BCUT2D eigenvalue weighted by molar-refractivity contribution is 5.99. The largest absolute Gasteiger partial charge is 0.481 e. The van der Waals surface area contributed by atoms with E-state index < -0.39 is 5.97 Å². The van der Waals surface area contributed by atoms with Crippen molar-refractivity contribution < 1.29 is 14.7 Å². The molecule has 1 aromatic heterocycles. The molecule has 0 bridgehead atoms. The van der Waals surface area contributed by atoms with E-state index in [-0.39, 0.29) is 18.2 Å². The smallest absolute Gasteiger partial charge is 0.303 e. The summed E-state index contributed by atoms with van der Waals surface area (Å²) in [6.07, 6.45) is 1.55. The Morgan fingerprint density at radius 1 is 1.32 bits per heavy atom. The van der Waals surface area contributed by atoms with Crippen LogP contribution < -0.4 is 5.32 Å². The van der Waals surface area contributed by atoms with Crippen molar-refractivity contribution in [1.29, 1.82) is 0 Å². The fraction of sp³-hybridized carbons (Fsp3) is 0.312. The number of hydrogen-bond donors (Lipinski definition) is 2. The van der Waals surface area contributed by atoms with Crippen LogP contribution in [-0.4, -0.2) is 33.3 Å². The van der Waals surface area contributed by atoms with Crippen molar-refractivity contribution in [3.8, 4) is 11.3 Å². The second-order valence-electron chi connectivity index (χ2n) is 5.31. The third-order valence-electron chi connectivity index (χ3n) is 3.36. The van der Waals surface area contributed by atoms with Gasteiger partial charge in [-0.3, -0.25) is 14.3 Å². The molecule has 6 heteroatoms. The molecule has 0 fully saturated rings. The summed E-state index contributed by atoms with van der Waals surface area (Å²) < 4.78 is 1.66. The number of aromatic nitrogens is 2. The van der Waals surface area contributed by atoms with Gasteiger partial charge in [-0.1, -0.05) is 37.3 Å². The number of carbonyl (C=O) groups excluding carboxylic acids is 1. The molecule has 0 aliphatic heterocycles. The van der Waals surface area contributed by atoms with Crippen molar-refractivity contribution >= 4 is 11.9 Å². The Labute approximate surface area is 128 Å². The molecule has 0 aliphatic rings. The highest BCUT2D eigenvalue weighted by Gasteiger charge is 2.18. The lowest BCUT2D eigenvalue weighted by molar-refractivity contribution is -0.137. The average molecular weight is 301 g/mol. The Balaban J connectivity index is 2.13. The molecule has 22 heavy (non-hydrogen) atoms. The normalized spacial score (nSPS) is 11.9. The van der Waals surface area contributed by atoms with Crippen molar-refractivity contribution in [2.45, 2.75) is 13.3 Å². The average Bonchev–Trinajstić information content (AvgIpc) is 2.87. The monoisotopic (exact) mass is 301 g/mol. The number of carboxylic acid groups (broad SMARTS) is 1. The van der Waals surface area contributed by atoms with E-state index in [1.807, 2.05) is 30.3 Å². The van der Waals surface area contributed by atoms with Gasteiger partial charge in [-0.05, 0) is 5.92 Å². The standard InChI is InChI=1S/C16H19N3O3/c1-11(8-14(20)21)9-17-16(22)13-10-18-19(2)15(13)12-6-4-3-5-7-12/h3-7,10-11H,8-9H2,1-2H3,(H,17,22)(H,20,21). The number of aliphatic carboxylic acids is 1. The number of nitrogens with one attached hydrogen (secondary N) is 1. The lowest BCUT2D eigenvalue weighted by atomic mass is 10.1. The molecule has 1 atom stereocenters. The Bertz CT molecular complexity index is 665. The molecule has 1 unspecified atom stereocenters. The van der Waals surface area contributed by atoms with E-state index >= 15 is 0 Å². The molecule has 0 saturated carbocycles. The molecule has 0 aliphatic carbocycles. The first kappa shape index (κ1) is 15.8. The fourth-order valence-electron chi connectivity index (χ4n) is 2.27. The first-order valence-electron chi connectivity index (χ1n) is 7.06. The zero-order valence-corrected chi connectivity index (χ0v) is 12.6. The maximum Gasteiger partial charge on any atom is 0.303 e. The Morgan fingerprint density at radius 3 is 2.64 bits per heavy atom. The van der Waals surface area contributed by atoms with Gasteiger partial charge in [0, 0.05) is 25.6 Å². The number of aryl methyl sites for hydroxylation is 1. The summed E-state index contributed by atoms with van der Waals surface area (Å²) in [5.74, 6) is -1.24. The molecule has 2 N–H and O–H groups in total. The van der Waals surface area contributed by atoms with E-state index in [0.29, 0.717) is 12.1 Å². The molecule has 1 heterocycles. The SMILES string of the molecule is CC(CNC(=O)c1cnn(C)c1-c1ccccc1)CC(=O)O. The van der Waals surface area contributed by atoms with Gasteiger partial charge < -0.3 is 10.4 Å². The van der Waals surface area contributed by atoms with E-state index in [1.54, 1.807) is 18.7 Å². The highest BCUT2D eigenvalue weighted by Crippen LogP contribution is 2.22. The Hall–Kier alpha value is -2.63. The van der Waals surface area contributed by atoms with Gasteiger partial charge >= 0.3 is 5.97 Å². The van der Waals surface area contributed by atoms with Crippen LogP contribution in [-0.2, 0) is 11.8 Å². The summed E-state index contributed by atoms with van der Waals surface area (Å²) >= 11 is 0. The molecule has 0 radical (unpaired) electrons. The summed E-state index contributed by atoms with van der Waals surface area (Å²) in [5.41, 5.74) is 2.13. The van der Waals surface area contributed by atoms with E-state index in [0.717, 1.165) is 11.3 Å². The van der Waals surface area contributed by atoms with Gasteiger partial charge in [0.15, 0.2) is 0 Å². The third-order valence-corrected chi connectivity index (χ3v) is 3.36. The first-order chi connectivity index (χ1) is 10.5. The molecule has 116 valence electrons. The topological polar surface area (TPSA) is 84.2 Å². The quantitative estimate of drug-likeness (QED) is 0.854. The van der Waals surface area contributed by atoms with Crippen molar-refractivity contribution in [2.24, 2.45) is 13.0 Å². The van der Waals surface area contributed by atoms with Crippen LogP contribution in [0.4, 0.5) is 0 Å². The summed E-state index contributed by atoms with van der Waals surface area (Å²) in [6, 6.07) is 9.55. The number of carbonyl (C=O) groups is 2. The third kappa shape index (κ3) is 3.72. The van der Waals surface area contributed by atoms with Crippen LogP contribution >= 0.6 is 0 Å². The van der Waals surface area contributed by atoms with E-state index in [4.69, 9.17) is 5.11 Å². The molecule has 2 rings (SSSR count). The number of carboxylic acids is 1. The minimum atomic E-state index is -0.867. The summed E-state index contributed by atoms with van der Waals surface area (Å²) in [4.78, 5) is 23.0. The fourth-order valence-corrected chi connectivity index (χ4v) is 2.27. The van der Waals surface area contributed by atoms with Crippen LogP contribution in [0.25, 0.3) is 11.3 Å². The first-order valence-corrected chi connectivity index (χ1v) is 7.06. The Morgan fingerprint density at radius 2 is 2.00 bits per heavy atom. The van der Waals surface area contributed by atoms with Gasteiger partial charge in [-0.25, -0.2) is 0 Å². The highest BCUT2D eigenvalue weighted by atomic mass is 16.4. The molecular formula is C16H19N3O3. The molecule has 0 spiro atoms. The molecule has 0 saturated heterocycles. The number of nitrogens with zero attached hydrogens (tertiary/aromatic N) is 2. The second-order valence-corrected chi connectivity index (χ2v) is 5.31. The van der Waals surface area contributed by atoms with Crippen molar-refractivity contribution in [1.82, 2.24) is 15.1 Å². The molecule has 1 amide bonds. The van der Waals surface area contributed by atoms with E-state index in [1.165, 1.54) is 6.20 Å². The number of amides is 1. The lowest BCUT2D eigenvalue weighted by Crippen LogP contribution is -2.29. The maximum atomic E-state index is 12.3. The number of hydrogen-bond acceptors (Lipinski definition) is 3. The molecular weight excluding hydrogens is 282 g/mol. The van der Waals surface area contributed by atoms with Crippen molar-refractivity contribution in [2.75, 3.05) is 6.54 Å². The van der Waals surface area contributed by atoms with Gasteiger partial charge in [0.2, 0.25) is 0 Å². The minimum Gasteiger partial charge on any atom is -0.481 e. The summed E-state index contributed by atoms with van der Waals surface area (Å²) in [7, 11) is 1.78.